The third-order valence-electron chi connectivity index (χ3n) is 2.49. The van der Waals surface area contributed by atoms with Crippen LogP contribution in [0.15, 0.2) is 29.1 Å². The van der Waals surface area contributed by atoms with Crippen molar-refractivity contribution in [2.24, 2.45) is 0 Å². The van der Waals surface area contributed by atoms with E-state index in [9.17, 15) is 15.1 Å². The second-order valence-electron chi connectivity index (χ2n) is 3.31. The summed E-state index contributed by atoms with van der Waals surface area (Å²) in [6.45, 7) is 1.85. The summed E-state index contributed by atoms with van der Waals surface area (Å²) in [6.07, 6.45) is 0.544. The summed E-state index contributed by atoms with van der Waals surface area (Å²) in [5.74, 6) is -0.376. The second-order valence-corrected chi connectivity index (χ2v) is 3.31. The van der Waals surface area contributed by atoms with Crippen molar-refractivity contribution in [1.29, 1.82) is 0 Å². The van der Waals surface area contributed by atoms with E-state index in [1.807, 2.05) is 6.92 Å². The number of para-hydroxylation sites is 1. The highest BCUT2D eigenvalue weighted by atomic mass is 16.5. The van der Waals surface area contributed by atoms with Crippen molar-refractivity contribution in [3.8, 4) is 5.75 Å². The average molecular weight is 205 g/mol. The lowest BCUT2D eigenvalue weighted by molar-refractivity contribution is 0.184. The van der Waals surface area contributed by atoms with Crippen LogP contribution in [-0.4, -0.2) is 15.0 Å². The van der Waals surface area contributed by atoms with Crippen LogP contribution in [0.1, 0.15) is 12.5 Å². The van der Waals surface area contributed by atoms with Crippen molar-refractivity contribution in [3.05, 3.63) is 40.2 Å². The van der Waals surface area contributed by atoms with E-state index >= 15 is 0 Å². The van der Waals surface area contributed by atoms with Crippen LogP contribution in [0, 0.1) is 0 Å². The van der Waals surface area contributed by atoms with Gasteiger partial charge in [-0.2, -0.15) is 0 Å². The number of fused-ring (bicyclic) bond motifs is 1. The Morgan fingerprint density at radius 2 is 2.00 bits per heavy atom. The van der Waals surface area contributed by atoms with Gasteiger partial charge in [-0.25, -0.2) is 0 Å². The Morgan fingerprint density at radius 3 is 2.67 bits per heavy atom. The van der Waals surface area contributed by atoms with Crippen molar-refractivity contribution in [2.75, 3.05) is 0 Å². The molecule has 2 aromatic rings. The molecule has 0 radical (unpaired) electrons. The monoisotopic (exact) mass is 205 g/mol. The molecule has 2 rings (SSSR count). The number of aryl methyl sites for hydroxylation is 1. The van der Waals surface area contributed by atoms with Crippen LogP contribution < -0.4 is 5.56 Å². The average Bonchev–Trinajstić information content (AvgIpc) is 2.27. The number of aromatic hydroxyl groups is 1. The lowest BCUT2D eigenvalue weighted by Crippen LogP contribution is -2.19. The molecule has 15 heavy (non-hydrogen) atoms. The molecule has 0 aliphatic rings. The number of hydrogen-bond acceptors (Lipinski definition) is 3. The molecule has 78 valence electrons. The van der Waals surface area contributed by atoms with Gasteiger partial charge in [0.1, 0.15) is 0 Å². The molecule has 0 unspecified atom stereocenters. The Bertz CT molecular complexity index is 572. The molecular weight excluding hydrogens is 194 g/mol. The first-order valence-corrected chi connectivity index (χ1v) is 4.71. The first-order chi connectivity index (χ1) is 7.16. The first-order valence-electron chi connectivity index (χ1n) is 4.71. The molecule has 1 aromatic heterocycles. The molecule has 0 bridgehead atoms. The van der Waals surface area contributed by atoms with Gasteiger partial charge in [0.05, 0.1) is 5.52 Å². The molecule has 0 fully saturated rings. The molecule has 0 saturated heterocycles. The molecule has 4 heteroatoms. The maximum Gasteiger partial charge on any atom is 0.325 e. The van der Waals surface area contributed by atoms with Crippen molar-refractivity contribution >= 4 is 10.9 Å². The zero-order valence-corrected chi connectivity index (χ0v) is 8.27. The number of benzene rings is 1. The highest BCUT2D eigenvalue weighted by Crippen LogP contribution is 2.23. The molecule has 0 aliphatic heterocycles. The summed E-state index contributed by atoms with van der Waals surface area (Å²) in [5, 5.41) is 19.8. The van der Waals surface area contributed by atoms with Crippen LogP contribution >= 0.6 is 0 Å². The number of pyridine rings is 1. The van der Waals surface area contributed by atoms with Gasteiger partial charge in [-0.15, -0.1) is 4.73 Å². The minimum atomic E-state index is -0.773. The van der Waals surface area contributed by atoms with E-state index in [-0.39, 0.29) is 5.75 Å². The predicted octanol–water partition coefficient (Wildman–Crippen LogP) is 1.51. The van der Waals surface area contributed by atoms with Crippen molar-refractivity contribution in [3.63, 3.8) is 0 Å². The highest BCUT2D eigenvalue weighted by molar-refractivity contribution is 5.84. The molecule has 4 nitrogen and oxygen atoms in total. The van der Waals surface area contributed by atoms with Gasteiger partial charge in [-0.3, -0.25) is 4.79 Å². The van der Waals surface area contributed by atoms with E-state index in [2.05, 4.69) is 0 Å². The van der Waals surface area contributed by atoms with E-state index < -0.39 is 5.56 Å². The van der Waals surface area contributed by atoms with Crippen LogP contribution in [0.3, 0.4) is 0 Å². The summed E-state index contributed by atoms with van der Waals surface area (Å²) in [6, 6.07) is 6.92. The van der Waals surface area contributed by atoms with E-state index in [0.29, 0.717) is 27.6 Å². The summed E-state index contributed by atoms with van der Waals surface area (Å²) >= 11 is 0. The summed E-state index contributed by atoms with van der Waals surface area (Å²) in [7, 11) is 0. The van der Waals surface area contributed by atoms with Crippen LogP contribution in [-0.2, 0) is 6.42 Å². The molecule has 0 atom stereocenters. The van der Waals surface area contributed by atoms with Crippen LogP contribution in [0.4, 0.5) is 0 Å². The van der Waals surface area contributed by atoms with Gasteiger partial charge in [-0.1, -0.05) is 25.1 Å². The molecule has 0 spiro atoms. The largest absolute Gasteiger partial charge is 0.503 e. The third kappa shape index (κ3) is 1.26. The van der Waals surface area contributed by atoms with Crippen molar-refractivity contribution in [1.82, 2.24) is 4.73 Å². The van der Waals surface area contributed by atoms with Crippen molar-refractivity contribution < 1.29 is 10.3 Å². The van der Waals surface area contributed by atoms with Gasteiger partial charge in [0, 0.05) is 10.9 Å². The number of aromatic nitrogens is 1. The number of hydrogen-bond donors (Lipinski definition) is 2. The van der Waals surface area contributed by atoms with E-state index in [4.69, 9.17) is 0 Å². The van der Waals surface area contributed by atoms with E-state index in [1.54, 1.807) is 24.3 Å². The summed E-state index contributed by atoms with van der Waals surface area (Å²) in [5.41, 5.74) is 0.212. The lowest BCUT2D eigenvalue weighted by atomic mass is 10.1. The predicted molar refractivity (Wildman–Crippen MR) is 56.4 cm³/mol. The summed E-state index contributed by atoms with van der Waals surface area (Å²) < 4.78 is 0.476. The van der Waals surface area contributed by atoms with Gasteiger partial charge in [-0.05, 0) is 12.5 Å². The van der Waals surface area contributed by atoms with E-state index in [0.717, 1.165) is 0 Å². The zero-order chi connectivity index (χ0) is 11.0. The summed E-state index contributed by atoms with van der Waals surface area (Å²) in [4.78, 5) is 11.4. The fraction of sp³-hybridized carbons (Fsp3) is 0.182. The number of nitrogens with zero attached hydrogens (tertiary/aromatic N) is 1. The van der Waals surface area contributed by atoms with Gasteiger partial charge in [0.15, 0.2) is 5.75 Å². The quantitative estimate of drug-likeness (QED) is 0.693. The Hall–Kier alpha value is -1.97. The minimum Gasteiger partial charge on any atom is -0.503 e. The molecule has 2 N–H and O–H groups in total. The number of rotatable bonds is 1. The van der Waals surface area contributed by atoms with Crippen molar-refractivity contribution in [2.45, 2.75) is 13.3 Å². The van der Waals surface area contributed by atoms with Crippen LogP contribution in [0.5, 0.6) is 5.75 Å². The first kappa shape index (κ1) is 9.58. The second kappa shape index (κ2) is 3.31. The topological polar surface area (TPSA) is 62.5 Å². The van der Waals surface area contributed by atoms with Gasteiger partial charge in [0.2, 0.25) is 0 Å². The van der Waals surface area contributed by atoms with E-state index in [1.165, 1.54) is 0 Å². The molecule has 0 aliphatic carbocycles. The van der Waals surface area contributed by atoms with Gasteiger partial charge >= 0.3 is 5.56 Å². The molecule has 1 heterocycles. The fourth-order valence-electron chi connectivity index (χ4n) is 1.74. The minimum absolute atomic E-state index is 0.376. The molecular formula is C11H11NO3. The lowest BCUT2D eigenvalue weighted by Gasteiger charge is -2.08. The SMILES string of the molecule is CCc1c(O)c(=O)n(O)c2ccccc12. The maximum absolute atomic E-state index is 11.4. The zero-order valence-electron chi connectivity index (χ0n) is 8.27. The third-order valence-corrected chi connectivity index (χ3v) is 2.49. The molecule has 1 aromatic carbocycles. The smallest absolute Gasteiger partial charge is 0.325 e. The molecule has 0 saturated carbocycles. The highest BCUT2D eigenvalue weighted by Gasteiger charge is 2.13. The standard InChI is InChI=1S/C11H11NO3/c1-2-7-8-5-3-4-6-9(8)12(15)11(14)10(7)13/h3-6,13,15H,2H2,1H3. The van der Waals surface area contributed by atoms with Gasteiger partial charge < -0.3 is 10.3 Å². The normalized spacial score (nSPS) is 10.7. The molecule has 0 amide bonds. The Kier molecular flexibility index (Phi) is 2.11. The van der Waals surface area contributed by atoms with Gasteiger partial charge in [0.25, 0.3) is 0 Å². The van der Waals surface area contributed by atoms with Crippen LogP contribution in [0.2, 0.25) is 0 Å². The Labute approximate surface area is 86.0 Å². The maximum atomic E-state index is 11.4. The fourth-order valence-corrected chi connectivity index (χ4v) is 1.74. The Morgan fingerprint density at radius 1 is 1.33 bits per heavy atom. The Balaban J connectivity index is 3.05. The van der Waals surface area contributed by atoms with Crippen LogP contribution in [0.25, 0.3) is 10.9 Å².